The lowest BCUT2D eigenvalue weighted by Gasteiger charge is -2.06. The summed E-state index contributed by atoms with van der Waals surface area (Å²) >= 11 is 0. The van der Waals surface area contributed by atoms with Gasteiger partial charge in [0.05, 0.1) is 11.1 Å². The molecule has 2 rings (SSSR count). The molecule has 1 aromatic carbocycles. The zero-order valence-electron chi connectivity index (χ0n) is 10.5. The lowest BCUT2D eigenvalue weighted by Crippen LogP contribution is -2.07. The van der Waals surface area contributed by atoms with E-state index >= 15 is 0 Å². The first-order valence-electron chi connectivity index (χ1n) is 5.57. The van der Waals surface area contributed by atoms with E-state index in [1.54, 1.807) is 26.8 Å². The highest BCUT2D eigenvalue weighted by atomic mass is 19.1. The van der Waals surface area contributed by atoms with Crippen LogP contribution in [0, 0.1) is 26.6 Å². The van der Waals surface area contributed by atoms with Crippen LogP contribution >= 0.6 is 0 Å². The summed E-state index contributed by atoms with van der Waals surface area (Å²) in [7, 11) is 0. The molecule has 0 unspecified atom stereocenters. The Labute approximate surface area is 104 Å². The van der Waals surface area contributed by atoms with Crippen molar-refractivity contribution in [1.29, 1.82) is 0 Å². The number of carbonyl (C=O) groups is 1. The molecule has 0 saturated carbocycles. The lowest BCUT2D eigenvalue weighted by molar-refractivity contribution is 0.103. The van der Waals surface area contributed by atoms with Crippen molar-refractivity contribution in [2.24, 2.45) is 0 Å². The van der Waals surface area contributed by atoms with Crippen LogP contribution in [0.4, 0.5) is 10.1 Å². The monoisotopic (exact) mass is 247 g/mol. The number of ketones is 1. The van der Waals surface area contributed by atoms with Crippen LogP contribution in [0.2, 0.25) is 0 Å². The van der Waals surface area contributed by atoms with Gasteiger partial charge in [0, 0.05) is 5.69 Å². The van der Waals surface area contributed by atoms with E-state index in [0.717, 1.165) is 0 Å². The summed E-state index contributed by atoms with van der Waals surface area (Å²) in [5.74, 6) is 0.165. The Morgan fingerprint density at radius 1 is 1.17 bits per heavy atom. The number of carbonyl (C=O) groups excluding carboxylic acids is 1. The van der Waals surface area contributed by atoms with E-state index in [1.165, 1.54) is 12.1 Å². The average molecular weight is 247 g/mol. The zero-order chi connectivity index (χ0) is 13.4. The highest BCUT2D eigenvalue weighted by molar-refractivity contribution is 6.10. The van der Waals surface area contributed by atoms with Crippen LogP contribution in [0.25, 0.3) is 0 Å². The normalized spacial score (nSPS) is 10.7. The van der Waals surface area contributed by atoms with Gasteiger partial charge in [-0.05, 0) is 44.5 Å². The van der Waals surface area contributed by atoms with Gasteiger partial charge < -0.3 is 10.2 Å². The summed E-state index contributed by atoms with van der Waals surface area (Å²) in [6.07, 6.45) is 0. The molecule has 0 aliphatic carbocycles. The van der Waals surface area contributed by atoms with Gasteiger partial charge in [-0.1, -0.05) is 0 Å². The second-order valence-electron chi connectivity index (χ2n) is 4.36. The van der Waals surface area contributed by atoms with Crippen LogP contribution in [0.1, 0.15) is 33.0 Å². The molecule has 94 valence electrons. The van der Waals surface area contributed by atoms with Gasteiger partial charge in [-0.3, -0.25) is 4.79 Å². The van der Waals surface area contributed by atoms with E-state index in [0.29, 0.717) is 28.3 Å². The van der Waals surface area contributed by atoms with Crippen LogP contribution in [0.5, 0.6) is 0 Å². The molecule has 18 heavy (non-hydrogen) atoms. The number of halogens is 1. The number of benzene rings is 1. The van der Waals surface area contributed by atoms with Crippen molar-refractivity contribution in [3.63, 3.8) is 0 Å². The highest BCUT2D eigenvalue weighted by Gasteiger charge is 2.20. The van der Waals surface area contributed by atoms with Crippen LogP contribution in [-0.2, 0) is 0 Å². The van der Waals surface area contributed by atoms with E-state index in [2.05, 4.69) is 0 Å². The van der Waals surface area contributed by atoms with E-state index < -0.39 is 11.6 Å². The molecule has 0 bridgehead atoms. The molecule has 1 aromatic heterocycles. The van der Waals surface area contributed by atoms with Gasteiger partial charge in [0.25, 0.3) is 0 Å². The molecule has 0 saturated heterocycles. The van der Waals surface area contributed by atoms with Gasteiger partial charge in [0.1, 0.15) is 17.3 Å². The number of rotatable bonds is 2. The van der Waals surface area contributed by atoms with Crippen molar-refractivity contribution in [2.75, 3.05) is 5.73 Å². The standard InChI is InChI=1S/C14H14FNO2/c1-7-4-10(16)6-12(13(7)15)14(17)11-5-8(2)18-9(11)3/h4-6H,16H2,1-3H3. The Kier molecular flexibility index (Phi) is 2.95. The molecule has 1 heterocycles. The molecule has 2 N–H and O–H groups in total. The SMILES string of the molecule is Cc1cc(C(=O)c2cc(N)cc(C)c2F)c(C)o1. The minimum absolute atomic E-state index is 0.0172. The van der Waals surface area contributed by atoms with Crippen LogP contribution in [0.3, 0.4) is 0 Å². The van der Waals surface area contributed by atoms with Crippen LogP contribution in [0.15, 0.2) is 22.6 Å². The fraction of sp³-hybridized carbons (Fsp3) is 0.214. The first kappa shape index (κ1) is 12.4. The Bertz CT molecular complexity index is 629. The minimum atomic E-state index is -0.535. The lowest BCUT2D eigenvalue weighted by atomic mass is 10.0. The smallest absolute Gasteiger partial charge is 0.199 e. The number of aryl methyl sites for hydroxylation is 3. The maximum absolute atomic E-state index is 13.9. The first-order chi connectivity index (χ1) is 8.40. The molecule has 0 aliphatic rings. The van der Waals surface area contributed by atoms with E-state index in [-0.39, 0.29) is 5.56 Å². The summed E-state index contributed by atoms with van der Waals surface area (Å²) in [5.41, 5.74) is 6.73. The summed E-state index contributed by atoms with van der Waals surface area (Å²) in [4.78, 5) is 12.3. The van der Waals surface area contributed by atoms with Crippen molar-refractivity contribution >= 4 is 11.5 Å². The molecule has 4 heteroatoms. The van der Waals surface area contributed by atoms with Gasteiger partial charge >= 0.3 is 0 Å². The molecule has 0 spiro atoms. The van der Waals surface area contributed by atoms with Gasteiger partial charge in [-0.2, -0.15) is 0 Å². The quantitative estimate of drug-likeness (QED) is 0.655. The predicted octanol–water partition coefficient (Wildman–Crippen LogP) is 3.16. The Morgan fingerprint density at radius 2 is 1.83 bits per heavy atom. The Morgan fingerprint density at radius 3 is 2.39 bits per heavy atom. The fourth-order valence-corrected chi connectivity index (χ4v) is 1.96. The number of nitrogen functional groups attached to an aromatic ring is 1. The van der Waals surface area contributed by atoms with Gasteiger partial charge in [0.2, 0.25) is 0 Å². The third-order valence-electron chi connectivity index (χ3n) is 2.81. The third-order valence-corrected chi connectivity index (χ3v) is 2.81. The zero-order valence-corrected chi connectivity index (χ0v) is 10.5. The Hall–Kier alpha value is -2.10. The predicted molar refractivity (Wildman–Crippen MR) is 67.2 cm³/mol. The maximum atomic E-state index is 13.9. The second-order valence-corrected chi connectivity index (χ2v) is 4.36. The summed E-state index contributed by atoms with van der Waals surface area (Å²) in [5, 5.41) is 0. The van der Waals surface area contributed by atoms with Gasteiger partial charge in [-0.25, -0.2) is 4.39 Å². The topological polar surface area (TPSA) is 56.2 Å². The number of anilines is 1. The number of furan rings is 1. The third kappa shape index (κ3) is 2.01. The minimum Gasteiger partial charge on any atom is -0.466 e. The van der Waals surface area contributed by atoms with Crippen molar-refractivity contribution in [3.05, 3.63) is 52.2 Å². The van der Waals surface area contributed by atoms with Gasteiger partial charge in [0.15, 0.2) is 5.78 Å². The van der Waals surface area contributed by atoms with Crippen LogP contribution in [-0.4, -0.2) is 5.78 Å². The van der Waals surface area contributed by atoms with Crippen molar-refractivity contribution in [2.45, 2.75) is 20.8 Å². The highest BCUT2D eigenvalue weighted by Crippen LogP contribution is 2.23. The van der Waals surface area contributed by atoms with E-state index in [4.69, 9.17) is 10.2 Å². The number of hydrogen-bond acceptors (Lipinski definition) is 3. The fourth-order valence-electron chi connectivity index (χ4n) is 1.96. The summed E-state index contributed by atoms with van der Waals surface area (Å²) in [6, 6.07) is 4.46. The van der Waals surface area contributed by atoms with Crippen molar-refractivity contribution in [1.82, 2.24) is 0 Å². The van der Waals surface area contributed by atoms with E-state index in [9.17, 15) is 9.18 Å². The number of nitrogens with two attached hydrogens (primary N) is 1. The molecule has 3 nitrogen and oxygen atoms in total. The molecule has 2 aromatic rings. The summed E-state index contributed by atoms with van der Waals surface area (Å²) in [6.45, 7) is 5.00. The molecular formula is C14H14FNO2. The first-order valence-corrected chi connectivity index (χ1v) is 5.57. The van der Waals surface area contributed by atoms with Gasteiger partial charge in [-0.15, -0.1) is 0 Å². The molecule has 0 fully saturated rings. The molecule has 0 amide bonds. The molecule has 0 radical (unpaired) electrons. The average Bonchev–Trinajstić information content (AvgIpc) is 2.62. The van der Waals surface area contributed by atoms with Crippen molar-refractivity contribution in [3.8, 4) is 0 Å². The van der Waals surface area contributed by atoms with Crippen molar-refractivity contribution < 1.29 is 13.6 Å². The second kappa shape index (κ2) is 4.29. The molecule has 0 atom stereocenters. The molecular weight excluding hydrogens is 233 g/mol. The summed E-state index contributed by atoms with van der Waals surface area (Å²) < 4.78 is 19.2. The van der Waals surface area contributed by atoms with E-state index in [1.807, 2.05) is 0 Å². The molecule has 0 aliphatic heterocycles. The maximum Gasteiger partial charge on any atom is 0.199 e. The Balaban J connectivity index is 2.56. The number of hydrogen-bond donors (Lipinski definition) is 1. The van der Waals surface area contributed by atoms with Crippen LogP contribution < -0.4 is 5.73 Å². The largest absolute Gasteiger partial charge is 0.466 e.